The van der Waals surface area contributed by atoms with Crippen LogP contribution in [0.4, 0.5) is 24.5 Å². The Labute approximate surface area is 217 Å². The van der Waals surface area contributed by atoms with Crippen molar-refractivity contribution in [3.05, 3.63) is 90.0 Å². The fraction of sp³-hybridized carbons (Fsp3) is 0.214. The highest BCUT2D eigenvalue weighted by Crippen LogP contribution is 2.37. The normalized spacial score (nSPS) is 13.4. The van der Waals surface area contributed by atoms with Crippen molar-refractivity contribution < 1.29 is 22.7 Å². The molecule has 0 atom stereocenters. The number of alkyl halides is 3. The number of hydrogen-bond donors (Lipinski definition) is 1. The number of anilines is 2. The number of halogens is 3. The van der Waals surface area contributed by atoms with Gasteiger partial charge in [-0.2, -0.15) is 13.2 Å². The molecule has 1 aliphatic rings. The van der Waals surface area contributed by atoms with Crippen LogP contribution < -0.4 is 15.0 Å². The quantitative estimate of drug-likeness (QED) is 0.313. The van der Waals surface area contributed by atoms with Gasteiger partial charge in [0, 0.05) is 31.0 Å². The molecule has 1 fully saturated rings. The molecule has 0 unspecified atom stereocenters. The number of aromatic nitrogens is 3. The van der Waals surface area contributed by atoms with Gasteiger partial charge < -0.3 is 15.0 Å². The van der Waals surface area contributed by atoms with Crippen LogP contribution in [0, 0.1) is 6.92 Å². The van der Waals surface area contributed by atoms with Crippen molar-refractivity contribution in [3.63, 3.8) is 0 Å². The molecule has 1 amide bonds. The fourth-order valence-corrected chi connectivity index (χ4v) is 4.31. The van der Waals surface area contributed by atoms with Gasteiger partial charge in [0.05, 0.1) is 28.2 Å². The predicted molar refractivity (Wildman–Crippen MR) is 137 cm³/mol. The number of nitrogens with zero attached hydrogens (tertiary/aromatic N) is 4. The maximum atomic E-state index is 13.4. The molecular formula is C28H24F3N5O2. The van der Waals surface area contributed by atoms with Crippen molar-refractivity contribution in [2.45, 2.75) is 25.9 Å². The van der Waals surface area contributed by atoms with Gasteiger partial charge in [-0.25, -0.2) is 15.0 Å². The summed E-state index contributed by atoms with van der Waals surface area (Å²) in [4.78, 5) is 27.7. The molecule has 0 radical (unpaired) electrons. The standard InChI is InChI=1S/C28H24F3N5O2/c1-18-6-7-19(15-25(18)38-27-21(5-4-11-33-27)22-10-12-32-17-34-22)26(37)35-23-16-20(28(29,30)31)8-9-24(23)36-13-2-3-14-36/h4-12,15-17H,2-3,13-14H2,1H3,(H,35,37). The van der Waals surface area contributed by atoms with E-state index in [-0.39, 0.29) is 11.3 Å². The van der Waals surface area contributed by atoms with Crippen molar-refractivity contribution in [2.24, 2.45) is 0 Å². The number of rotatable bonds is 6. The average Bonchev–Trinajstić information content (AvgIpc) is 3.45. The molecule has 194 valence electrons. The molecule has 10 heteroatoms. The van der Waals surface area contributed by atoms with Crippen molar-refractivity contribution in [1.82, 2.24) is 15.0 Å². The van der Waals surface area contributed by atoms with Crippen molar-refractivity contribution in [2.75, 3.05) is 23.3 Å². The Hall–Kier alpha value is -4.47. The van der Waals surface area contributed by atoms with E-state index in [9.17, 15) is 18.0 Å². The lowest BCUT2D eigenvalue weighted by Crippen LogP contribution is -2.22. The minimum absolute atomic E-state index is 0.116. The topological polar surface area (TPSA) is 80.2 Å². The summed E-state index contributed by atoms with van der Waals surface area (Å²) in [6.07, 6.45) is 1.97. The molecule has 1 aliphatic heterocycles. The van der Waals surface area contributed by atoms with Gasteiger partial charge in [-0.15, -0.1) is 0 Å². The van der Waals surface area contributed by atoms with E-state index in [0.717, 1.165) is 43.6 Å². The van der Waals surface area contributed by atoms with Crippen LogP contribution in [0.25, 0.3) is 11.3 Å². The van der Waals surface area contributed by atoms with Crippen LogP contribution in [0.15, 0.2) is 73.3 Å². The zero-order valence-electron chi connectivity index (χ0n) is 20.5. The number of ether oxygens (including phenoxy) is 1. The third-order valence-electron chi connectivity index (χ3n) is 6.30. The summed E-state index contributed by atoms with van der Waals surface area (Å²) in [5.74, 6) is 0.128. The van der Waals surface area contributed by atoms with E-state index < -0.39 is 17.6 Å². The smallest absolute Gasteiger partial charge is 0.416 e. The second-order valence-electron chi connectivity index (χ2n) is 8.91. The number of hydrogen-bond acceptors (Lipinski definition) is 6. The summed E-state index contributed by atoms with van der Waals surface area (Å²) >= 11 is 0. The molecule has 4 aromatic rings. The Morgan fingerprint density at radius 3 is 2.55 bits per heavy atom. The van der Waals surface area contributed by atoms with E-state index >= 15 is 0 Å². The number of carbonyl (C=O) groups is 1. The Morgan fingerprint density at radius 1 is 1.00 bits per heavy atom. The monoisotopic (exact) mass is 519 g/mol. The fourth-order valence-electron chi connectivity index (χ4n) is 4.31. The van der Waals surface area contributed by atoms with Gasteiger partial charge in [0.2, 0.25) is 5.88 Å². The van der Waals surface area contributed by atoms with Gasteiger partial charge in [-0.1, -0.05) is 6.07 Å². The molecule has 0 aliphatic carbocycles. The minimum atomic E-state index is -4.53. The number of benzene rings is 2. The van der Waals surface area contributed by atoms with Crippen molar-refractivity contribution in [3.8, 4) is 22.9 Å². The van der Waals surface area contributed by atoms with Gasteiger partial charge in [0.15, 0.2) is 0 Å². The Morgan fingerprint density at radius 2 is 1.82 bits per heavy atom. The minimum Gasteiger partial charge on any atom is -0.438 e. The highest BCUT2D eigenvalue weighted by atomic mass is 19.4. The second-order valence-corrected chi connectivity index (χ2v) is 8.91. The Bertz CT molecular complexity index is 1450. The van der Waals surface area contributed by atoms with E-state index in [4.69, 9.17) is 4.74 Å². The van der Waals surface area contributed by atoms with Crippen LogP contribution in [0.1, 0.15) is 34.3 Å². The van der Waals surface area contributed by atoms with E-state index in [2.05, 4.69) is 20.3 Å². The van der Waals surface area contributed by atoms with Crippen LogP contribution in [0.3, 0.4) is 0 Å². The highest BCUT2D eigenvalue weighted by Gasteiger charge is 2.32. The third kappa shape index (κ3) is 5.44. The maximum Gasteiger partial charge on any atom is 0.416 e. The number of aryl methyl sites for hydroxylation is 1. The summed E-state index contributed by atoms with van der Waals surface area (Å²) in [7, 11) is 0. The molecule has 0 saturated carbocycles. The van der Waals surface area contributed by atoms with Crippen molar-refractivity contribution >= 4 is 17.3 Å². The molecule has 1 N–H and O–H groups in total. The van der Waals surface area contributed by atoms with Crippen LogP contribution in [-0.2, 0) is 6.18 Å². The lowest BCUT2D eigenvalue weighted by Gasteiger charge is -2.23. The molecule has 38 heavy (non-hydrogen) atoms. The van der Waals surface area contributed by atoms with Crippen molar-refractivity contribution in [1.29, 1.82) is 0 Å². The molecule has 0 bridgehead atoms. The SMILES string of the molecule is Cc1ccc(C(=O)Nc2cc(C(F)(F)F)ccc2N2CCCC2)cc1Oc1ncccc1-c1ccncn1. The first-order valence-corrected chi connectivity index (χ1v) is 12.1. The average molecular weight is 520 g/mol. The van der Waals surface area contributed by atoms with E-state index in [1.54, 1.807) is 42.7 Å². The molecule has 1 saturated heterocycles. The summed E-state index contributed by atoms with van der Waals surface area (Å²) in [5, 5.41) is 2.70. The zero-order valence-corrected chi connectivity index (χ0v) is 20.5. The molecule has 7 nitrogen and oxygen atoms in total. The Kier molecular flexibility index (Phi) is 6.95. The van der Waals surface area contributed by atoms with Crippen LogP contribution in [-0.4, -0.2) is 33.9 Å². The number of pyridine rings is 1. The zero-order chi connectivity index (χ0) is 26.7. The highest BCUT2D eigenvalue weighted by molar-refractivity contribution is 6.06. The summed E-state index contributed by atoms with van der Waals surface area (Å²) < 4.78 is 46.4. The molecule has 5 rings (SSSR count). The van der Waals surface area contributed by atoms with E-state index in [1.165, 1.54) is 12.4 Å². The van der Waals surface area contributed by atoms with E-state index in [1.807, 2.05) is 17.9 Å². The first-order chi connectivity index (χ1) is 18.3. The van der Waals surface area contributed by atoms with Crippen LogP contribution in [0.5, 0.6) is 11.6 Å². The lowest BCUT2D eigenvalue weighted by atomic mass is 10.1. The third-order valence-corrected chi connectivity index (χ3v) is 6.30. The van der Waals surface area contributed by atoms with Gasteiger partial charge >= 0.3 is 6.18 Å². The Balaban J connectivity index is 1.44. The molecule has 2 aromatic carbocycles. The maximum absolute atomic E-state index is 13.4. The molecular weight excluding hydrogens is 495 g/mol. The summed E-state index contributed by atoms with van der Waals surface area (Å²) in [6.45, 7) is 3.26. The first kappa shape index (κ1) is 25.2. The largest absolute Gasteiger partial charge is 0.438 e. The summed E-state index contributed by atoms with van der Waals surface area (Å²) in [5.41, 5.74) is 2.10. The predicted octanol–water partition coefficient (Wildman–Crippen LogP) is 6.51. The van der Waals surface area contributed by atoms with Gasteiger partial charge in [0.1, 0.15) is 12.1 Å². The number of amides is 1. The van der Waals surface area contributed by atoms with E-state index in [0.29, 0.717) is 28.6 Å². The number of nitrogens with one attached hydrogen (secondary N) is 1. The van der Waals surface area contributed by atoms with Crippen LogP contribution >= 0.6 is 0 Å². The van der Waals surface area contributed by atoms with Gasteiger partial charge in [-0.05, 0) is 73.9 Å². The lowest BCUT2D eigenvalue weighted by molar-refractivity contribution is -0.137. The number of carbonyl (C=O) groups excluding carboxylic acids is 1. The van der Waals surface area contributed by atoms with Gasteiger partial charge in [0.25, 0.3) is 5.91 Å². The summed E-state index contributed by atoms with van der Waals surface area (Å²) in [6, 6.07) is 13.6. The first-order valence-electron chi connectivity index (χ1n) is 12.1. The van der Waals surface area contributed by atoms with Crippen LogP contribution in [0.2, 0.25) is 0 Å². The molecule has 0 spiro atoms. The second kappa shape index (κ2) is 10.5. The molecule has 3 heterocycles. The molecule has 2 aromatic heterocycles. The van der Waals surface area contributed by atoms with Gasteiger partial charge in [-0.3, -0.25) is 4.79 Å².